The predicted molar refractivity (Wildman–Crippen MR) is 56.4 cm³/mol. The number of hydrogen-bond acceptors (Lipinski definition) is 3. The quantitative estimate of drug-likeness (QED) is 0.744. The number of carbonyl (C=O) groups is 1. The smallest absolute Gasteiger partial charge is 0.330 e. The van der Waals surface area contributed by atoms with Gasteiger partial charge in [-0.3, -0.25) is 0 Å². The van der Waals surface area contributed by atoms with Crippen molar-refractivity contribution in [3.8, 4) is 0 Å². The van der Waals surface area contributed by atoms with E-state index in [1.54, 1.807) is 24.1 Å². The maximum Gasteiger partial charge on any atom is 0.330 e. The Hall–Kier alpha value is -1.49. The number of fused-ring (bicyclic) bond motifs is 1. The van der Waals surface area contributed by atoms with Gasteiger partial charge in [0.05, 0.1) is 16.8 Å². The molecule has 1 aliphatic rings. The maximum absolute atomic E-state index is 13.4. The summed E-state index contributed by atoms with van der Waals surface area (Å²) in [5.74, 6) is -1.37. The minimum Gasteiger partial charge on any atom is -0.478 e. The van der Waals surface area contributed by atoms with Crippen LogP contribution in [0.4, 0.5) is 10.1 Å². The number of benzene rings is 1. The van der Waals surface area contributed by atoms with Crippen LogP contribution in [0.25, 0.3) is 0 Å². The first kappa shape index (κ1) is 10.0. The van der Waals surface area contributed by atoms with Crippen molar-refractivity contribution in [2.24, 2.45) is 0 Å². The van der Waals surface area contributed by atoms with Gasteiger partial charge >= 0.3 is 5.97 Å². The van der Waals surface area contributed by atoms with E-state index in [9.17, 15) is 9.18 Å². The highest BCUT2D eigenvalue weighted by Gasteiger charge is 2.25. The highest BCUT2D eigenvalue weighted by atomic mass is 32.2. The molecule has 0 atom stereocenters. The second-order valence-electron chi connectivity index (χ2n) is 3.07. The molecule has 0 aliphatic carbocycles. The fourth-order valence-electron chi connectivity index (χ4n) is 1.43. The van der Waals surface area contributed by atoms with Gasteiger partial charge in [0.25, 0.3) is 0 Å². The molecule has 1 aromatic rings. The van der Waals surface area contributed by atoms with Crippen molar-refractivity contribution in [1.29, 1.82) is 0 Å². The van der Waals surface area contributed by atoms with Gasteiger partial charge < -0.3 is 10.0 Å². The molecule has 0 fully saturated rings. The summed E-state index contributed by atoms with van der Waals surface area (Å²) in [7, 11) is 1.65. The molecule has 0 aromatic heterocycles. The monoisotopic (exact) mass is 225 g/mol. The Morgan fingerprint density at radius 3 is 2.93 bits per heavy atom. The summed E-state index contributed by atoms with van der Waals surface area (Å²) in [6.45, 7) is 0. The average Bonchev–Trinajstić information content (AvgIpc) is 2.44. The fraction of sp³-hybridized carbons (Fsp3) is 0.100. The van der Waals surface area contributed by atoms with Gasteiger partial charge in [0.1, 0.15) is 5.82 Å². The fourth-order valence-corrected chi connectivity index (χ4v) is 2.52. The van der Waals surface area contributed by atoms with E-state index in [0.717, 1.165) is 11.0 Å². The van der Waals surface area contributed by atoms with Crippen LogP contribution in [0.2, 0.25) is 0 Å². The molecular weight excluding hydrogens is 217 g/mol. The number of anilines is 1. The Labute approximate surface area is 90.2 Å². The summed E-state index contributed by atoms with van der Waals surface area (Å²) < 4.78 is 13.4. The number of carboxylic acids is 1. The number of para-hydroxylation sites is 1. The molecule has 1 N–H and O–H groups in total. The second-order valence-corrected chi connectivity index (χ2v) is 4.13. The lowest BCUT2D eigenvalue weighted by Crippen LogP contribution is -2.12. The normalized spacial score (nSPS) is 16.9. The molecule has 1 aliphatic heterocycles. The molecule has 0 saturated carbocycles. The zero-order chi connectivity index (χ0) is 11.0. The third-order valence-electron chi connectivity index (χ3n) is 2.08. The lowest BCUT2D eigenvalue weighted by molar-refractivity contribution is -0.131. The van der Waals surface area contributed by atoms with E-state index < -0.39 is 5.97 Å². The molecule has 0 bridgehead atoms. The number of halogens is 1. The van der Waals surface area contributed by atoms with Crippen LogP contribution in [0.15, 0.2) is 34.2 Å². The number of aliphatic carboxylic acids is 1. The topological polar surface area (TPSA) is 40.5 Å². The molecule has 15 heavy (non-hydrogen) atoms. The summed E-state index contributed by atoms with van der Waals surface area (Å²) in [5.41, 5.74) is 0.440. The number of hydrogen-bond donors (Lipinski definition) is 1. The highest BCUT2D eigenvalue weighted by molar-refractivity contribution is 8.03. The van der Waals surface area contributed by atoms with Gasteiger partial charge in [0.15, 0.2) is 0 Å². The van der Waals surface area contributed by atoms with Gasteiger partial charge in [-0.1, -0.05) is 17.8 Å². The molecule has 5 heteroatoms. The average molecular weight is 225 g/mol. The highest BCUT2D eigenvalue weighted by Crippen LogP contribution is 2.45. The number of carboxylic acid groups (broad SMARTS) is 1. The van der Waals surface area contributed by atoms with Crippen LogP contribution in [0, 0.1) is 5.82 Å². The molecule has 78 valence electrons. The van der Waals surface area contributed by atoms with Gasteiger partial charge in [-0.15, -0.1) is 0 Å². The van der Waals surface area contributed by atoms with E-state index in [1.165, 1.54) is 17.8 Å². The Bertz CT molecular complexity index is 459. The molecule has 1 heterocycles. The zero-order valence-electron chi connectivity index (χ0n) is 7.90. The van der Waals surface area contributed by atoms with Gasteiger partial charge in [-0.2, -0.15) is 0 Å². The first-order chi connectivity index (χ1) is 7.09. The van der Waals surface area contributed by atoms with Crippen molar-refractivity contribution in [1.82, 2.24) is 0 Å². The summed E-state index contributed by atoms with van der Waals surface area (Å²) in [6, 6.07) is 4.74. The minimum atomic E-state index is -1.03. The summed E-state index contributed by atoms with van der Waals surface area (Å²) in [5, 5.41) is 9.15. The maximum atomic E-state index is 13.4. The molecule has 0 radical (unpaired) electrons. The van der Waals surface area contributed by atoms with Crippen LogP contribution in [0.3, 0.4) is 0 Å². The van der Waals surface area contributed by atoms with Crippen LogP contribution < -0.4 is 4.90 Å². The Kier molecular flexibility index (Phi) is 2.40. The SMILES string of the molecule is CN1C(=CC(=O)O)Sc2cccc(F)c21. The number of thioether (sulfide) groups is 1. The molecule has 0 amide bonds. The van der Waals surface area contributed by atoms with Crippen LogP contribution in [-0.4, -0.2) is 18.1 Å². The Morgan fingerprint density at radius 1 is 1.60 bits per heavy atom. The summed E-state index contributed by atoms with van der Waals surface area (Å²) >= 11 is 1.25. The van der Waals surface area contributed by atoms with Crippen molar-refractivity contribution in [2.75, 3.05) is 11.9 Å². The van der Waals surface area contributed by atoms with Gasteiger partial charge in [-0.05, 0) is 12.1 Å². The zero-order valence-corrected chi connectivity index (χ0v) is 8.71. The van der Waals surface area contributed by atoms with Crippen LogP contribution in [0.1, 0.15) is 0 Å². The van der Waals surface area contributed by atoms with Crippen LogP contribution in [0.5, 0.6) is 0 Å². The summed E-state index contributed by atoms with van der Waals surface area (Å²) in [4.78, 5) is 12.8. The number of rotatable bonds is 1. The predicted octanol–water partition coefficient (Wildman–Crippen LogP) is 2.29. The molecule has 2 rings (SSSR count). The minimum absolute atomic E-state index is 0.337. The van der Waals surface area contributed by atoms with Crippen LogP contribution in [-0.2, 0) is 4.79 Å². The second kappa shape index (κ2) is 3.58. The lowest BCUT2D eigenvalue weighted by atomic mass is 10.3. The largest absolute Gasteiger partial charge is 0.478 e. The van der Waals surface area contributed by atoms with E-state index in [0.29, 0.717) is 10.7 Å². The molecule has 0 saturated heterocycles. The van der Waals surface area contributed by atoms with Crippen molar-refractivity contribution in [3.63, 3.8) is 0 Å². The van der Waals surface area contributed by atoms with Crippen molar-refractivity contribution < 1.29 is 14.3 Å². The Morgan fingerprint density at radius 2 is 2.33 bits per heavy atom. The van der Waals surface area contributed by atoms with Crippen molar-refractivity contribution >= 4 is 23.4 Å². The van der Waals surface area contributed by atoms with Crippen molar-refractivity contribution in [3.05, 3.63) is 35.1 Å². The first-order valence-electron chi connectivity index (χ1n) is 4.24. The first-order valence-corrected chi connectivity index (χ1v) is 5.06. The van der Waals surface area contributed by atoms with Gasteiger partial charge in [0, 0.05) is 11.9 Å². The molecule has 3 nitrogen and oxygen atoms in total. The van der Waals surface area contributed by atoms with Crippen molar-refractivity contribution in [2.45, 2.75) is 4.90 Å². The Balaban J connectivity index is 2.46. The van der Waals surface area contributed by atoms with E-state index in [1.807, 2.05) is 0 Å². The summed E-state index contributed by atoms with van der Waals surface area (Å²) in [6.07, 6.45) is 1.07. The number of nitrogens with zero attached hydrogens (tertiary/aromatic N) is 1. The van der Waals surface area contributed by atoms with Gasteiger partial charge in [-0.25, -0.2) is 9.18 Å². The third kappa shape index (κ3) is 1.70. The van der Waals surface area contributed by atoms with Crippen LogP contribution >= 0.6 is 11.8 Å². The molecule has 0 spiro atoms. The molecular formula is C10H8FNO2S. The standard InChI is InChI=1S/C10H8FNO2S/c1-12-8(5-9(13)14)15-7-4-2-3-6(11)10(7)12/h2-5H,1H3,(H,13,14). The van der Waals surface area contributed by atoms with E-state index >= 15 is 0 Å². The van der Waals surface area contributed by atoms with E-state index in [-0.39, 0.29) is 5.82 Å². The molecule has 0 unspecified atom stereocenters. The van der Waals surface area contributed by atoms with E-state index in [2.05, 4.69) is 0 Å². The van der Waals surface area contributed by atoms with E-state index in [4.69, 9.17) is 5.11 Å². The van der Waals surface area contributed by atoms with Gasteiger partial charge in [0.2, 0.25) is 0 Å². The molecule has 1 aromatic carbocycles. The lowest BCUT2D eigenvalue weighted by Gasteiger charge is -2.12. The third-order valence-corrected chi connectivity index (χ3v) is 3.23.